The number of rotatable bonds is 4. The molecule has 2 atom stereocenters. The van der Waals surface area contributed by atoms with Gasteiger partial charge in [-0.25, -0.2) is 0 Å². The maximum Gasteiger partial charge on any atom is 0.322 e. The van der Waals surface area contributed by atoms with Crippen LogP contribution in [0, 0.1) is 0 Å². The zero-order valence-corrected chi connectivity index (χ0v) is 13.2. The maximum atomic E-state index is 11.3. The summed E-state index contributed by atoms with van der Waals surface area (Å²) in [5, 5.41) is 12.6. The van der Waals surface area contributed by atoms with Crippen LogP contribution in [-0.4, -0.2) is 40.9 Å². The van der Waals surface area contributed by atoms with Crippen molar-refractivity contribution in [1.82, 2.24) is 10.2 Å². The third kappa shape index (κ3) is 3.34. The molecule has 1 fully saturated rings. The first-order valence-electron chi connectivity index (χ1n) is 6.70. The molecule has 0 radical (unpaired) electrons. The van der Waals surface area contributed by atoms with Crippen molar-refractivity contribution in [2.24, 2.45) is 0 Å². The highest BCUT2D eigenvalue weighted by atomic mass is 32.2. The molecule has 4 nitrogen and oxygen atoms in total. The maximum absolute atomic E-state index is 11.3. The Labute approximate surface area is 124 Å². The van der Waals surface area contributed by atoms with Crippen molar-refractivity contribution >= 4 is 17.7 Å². The molecule has 20 heavy (non-hydrogen) atoms. The number of carboxylic acids is 1. The molecule has 0 bridgehead atoms. The molecule has 2 unspecified atom stereocenters. The van der Waals surface area contributed by atoms with Crippen molar-refractivity contribution < 1.29 is 9.90 Å². The lowest BCUT2D eigenvalue weighted by molar-refractivity contribution is -0.139. The molecule has 5 heteroatoms. The van der Waals surface area contributed by atoms with Gasteiger partial charge in [-0.1, -0.05) is 24.3 Å². The quantitative estimate of drug-likeness (QED) is 0.892. The van der Waals surface area contributed by atoms with Crippen molar-refractivity contribution in [3.05, 3.63) is 35.4 Å². The molecule has 1 aliphatic heterocycles. The number of carboxylic acid groups (broad SMARTS) is 1. The van der Waals surface area contributed by atoms with Gasteiger partial charge in [-0.15, -0.1) is 11.8 Å². The average Bonchev–Trinajstić information content (AvgIpc) is 2.64. The normalized spacial score (nSPS) is 25.1. The van der Waals surface area contributed by atoms with Gasteiger partial charge in [0.2, 0.25) is 0 Å². The topological polar surface area (TPSA) is 52.6 Å². The molecule has 0 aliphatic carbocycles. The summed E-state index contributed by atoms with van der Waals surface area (Å²) in [5.74, 6) is -0.783. The molecule has 2 rings (SSSR count). The summed E-state index contributed by atoms with van der Waals surface area (Å²) in [7, 11) is 4.08. The molecular formula is C15H22N2O2S. The average molecular weight is 294 g/mol. The van der Waals surface area contributed by atoms with E-state index < -0.39 is 12.0 Å². The van der Waals surface area contributed by atoms with E-state index in [1.807, 2.05) is 34.0 Å². The van der Waals surface area contributed by atoms with Crippen molar-refractivity contribution in [2.75, 3.05) is 14.1 Å². The summed E-state index contributed by atoms with van der Waals surface area (Å²) in [6.07, 6.45) is 0. The van der Waals surface area contributed by atoms with Crippen LogP contribution in [0.3, 0.4) is 0 Å². The van der Waals surface area contributed by atoms with Crippen LogP contribution in [0.25, 0.3) is 0 Å². The first-order chi connectivity index (χ1) is 9.29. The Bertz CT molecular complexity index is 502. The number of aliphatic carboxylic acids is 1. The Morgan fingerprint density at radius 3 is 2.70 bits per heavy atom. The van der Waals surface area contributed by atoms with E-state index in [9.17, 15) is 9.90 Å². The molecule has 0 amide bonds. The summed E-state index contributed by atoms with van der Waals surface area (Å²) >= 11 is 1.68. The van der Waals surface area contributed by atoms with E-state index in [1.54, 1.807) is 11.8 Å². The number of benzene rings is 1. The van der Waals surface area contributed by atoms with Crippen molar-refractivity contribution in [3.63, 3.8) is 0 Å². The number of nitrogens with zero attached hydrogens (tertiary/aromatic N) is 1. The van der Waals surface area contributed by atoms with E-state index in [2.05, 4.69) is 28.4 Å². The summed E-state index contributed by atoms with van der Waals surface area (Å²) in [5.41, 5.74) is 2.39. The summed E-state index contributed by atoms with van der Waals surface area (Å²) in [6, 6.07) is 7.84. The second-order valence-electron chi connectivity index (χ2n) is 6.02. The highest BCUT2D eigenvalue weighted by Crippen LogP contribution is 2.45. The molecule has 0 aromatic heterocycles. The Balaban J connectivity index is 2.19. The van der Waals surface area contributed by atoms with Gasteiger partial charge in [-0.3, -0.25) is 10.1 Å². The first-order valence-corrected chi connectivity index (χ1v) is 7.58. The third-order valence-corrected chi connectivity index (χ3v) is 4.92. The van der Waals surface area contributed by atoms with Gasteiger partial charge in [0.15, 0.2) is 0 Å². The Morgan fingerprint density at radius 2 is 2.15 bits per heavy atom. The number of carbonyl (C=O) groups is 1. The second kappa shape index (κ2) is 5.76. The smallest absolute Gasteiger partial charge is 0.322 e. The molecule has 0 saturated carbocycles. The van der Waals surface area contributed by atoms with Crippen LogP contribution in [0.5, 0.6) is 0 Å². The van der Waals surface area contributed by atoms with E-state index >= 15 is 0 Å². The lowest BCUT2D eigenvalue weighted by atomic mass is 10.0. The Morgan fingerprint density at radius 1 is 1.45 bits per heavy atom. The van der Waals surface area contributed by atoms with Crippen LogP contribution in [0.15, 0.2) is 24.3 Å². The van der Waals surface area contributed by atoms with E-state index in [0.29, 0.717) is 0 Å². The summed E-state index contributed by atoms with van der Waals surface area (Å²) in [6.45, 7) is 4.84. The van der Waals surface area contributed by atoms with Crippen LogP contribution in [-0.2, 0) is 11.3 Å². The first kappa shape index (κ1) is 15.4. The number of hydrogen-bond donors (Lipinski definition) is 2. The van der Waals surface area contributed by atoms with Gasteiger partial charge in [0.05, 0.1) is 5.37 Å². The fraction of sp³-hybridized carbons (Fsp3) is 0.533. The molecule has 0 spiro atoms. The number of thioether (sulfide) groups is 1. The van der Waals surface area contributed by atoms with Gasteiger partial charge in [-0.05, 0) is 39.1 Å². The van der Waals surface area contributed by atoms with E-state index in [0.717, 1.165) is 12.1 Å². The SMILES string of the molecule is CN(C)Cc1cccc(C2NC(C(=O)O)C(C)(C)S2)c1. The van der Waals surface area contributed by atoms with Crippen LogP contribution in [0.2, 0.25) is 0 Å². The molecule has 1 saturated heterocycles. The van der Waals surface area contributed by atoms with Crippen LogP contribution in [0.4, 0.5) is 0 Å². The minimum absolute atomic E-state index is 0.0354. The lowest BCUT2D eigenvalue weighted by Gasteiger charge is -2.20. The Hall–Kier alpha value is -1.04. The standard InChI is InChI=1S/C15H22N2O2S/c1-15(2)12(14(18)19)16-13(20-15)11-7-5-6-10(8-11)9-17(3)4/h5-8,12-13,16H,9H2,1-4H3,(H,18,19). The van der Waals surface area contributed by atoms with Gasteiger partial charge < -0.3 is 10.0 Å². The number of nitrogens with one attached hydrogen (secondary N) is 1. The highest BCUT2D eigenvalue weighted by molar-refractivity contribution is 8.01. The minimum atomic E-state index is -0.783. The zero-order valence-electron chi connectivity index (χ0n) is 12.4. The van der Waals surface area contributed by atoms with Gasteiger partial charge in [-0.2, -0.15) is 0 Å². The third-order valence-electron chi connectivity index (χ3n) is 3.43. The summed E-state index contributed by atoms with van der Waals surface area (Å²) in [4.78, 5) is 13.4. The van der Waals surface area contributed by atoms with Gasteiger partial charge in [0.25, 0.3) is 0 Å². The van der Waals surface area contributed by atoms with E-state index in [4.69, 9.17) is 0 Å². The molecular weight excluding hydrogens is 272 g/mol. The second-order valence-corrected chi connectivity index (χ2v) is 7.78. The van der Waals surface area contributed by atoms with E-state index in [1.165, 1.54) is 5.56 Å². The monoisotopic (exact) mass is 294 g/mol. The van der Waals surface area contributed by atoms with Gasteiger partial charge >= 0.3 is 5.97 Å². The van der Waals surface area contributed by atoms with E-state index in [-0.39, 0.29) is 10.1 Å². The molecule has 1 aliphatic rings. The van der Waals surface area contributed by atoms with Gasteiger partial charge in [0, 0.05) is 11.3 Å². The fourth-order valence-electron chi connectivity index (χ4n) is 2.51. The minimum Gasteiger partial charge on any atom is -0.480 e. The van der Waals surface area contributed by atoms with Crippen LogP contribution in [0.1, 0.15) is 30.3 Å². The van der Waals surface area contributed by atoms with Crippen molar-refractivity contribution in [2.45, 2.75) is 36.6 Å². The van der Waals surface area contributed by atoms with Crippen molar-refractivity contribution in [3.8, 4) is 0 Å². The molecule has 1 aromatic carbocycles. The highest BCUT2D eigenvalue weighted by Gasteiger charge is 2.45. The van der Waals surface area contributed by atoms with Crippen LogP contribution >= 0.6 is 11.8 Å². The lowest BCUT2D eigenvalue weighted by Crippen LogP contribution is -2.43. The molecule has 1 aromatic rings. The predicted octanol–water partition coefficient (Wildman–Crippen LogP) is 2.32. The largest absolute Gasteiger partial charge is 0.480 e. The molecule has 1 heterocycles. The molecule has 110 valence electrons. The summed E-state index contributed by atoms with van der Waals surface area (Å²) < 4.78 is -0.311. The zero-order chi connectivity index (χ0) is 14.9. The number of hydrogen-bond acceptors (Lipinski definition) is 4. The predicted molar refractivity (Wildman–Crippen MR) is 82.8 cm³/mol. The van der Waals surface area contributed by atoms with Gasteiger partial charge in [0.1, 0.15) is 6.04 Å². The molecule has 2 N–H and O–H groups in total. The van der Waals surface area contributed by atoms with Crippen LogP contribution < -0.4 is 5.32 Å². The Kier molecular flexibility index (Phi) is 4.42. The fourth-order valence-corrected chi connectivity index (χ4v) is 3.91. The van der Waals surface area contributed by atoms with Crippen molar-refractivity contribution in [1.29, 1.82) is 0 Å².